The molecule has 0 radical (unpaired) electrons. The molecule has 0 fully saturated rings. The van der Waals surface area contributed by atoms with Crippen LogP contribution in [0.15, 0.2) is 47.3 Å². The largest absolute Gasteiger partial charge is 0.296 e. The molecule has 3 heterocycles. The van der Waals surface area contributed by atoms with Gasteiger partial charge in [0.25, 0.3) is 0 Å². The first kappa shape index (κ1) is 11.1. The van der Waals surface area contributed by atoms with E-state index < -0.39 is 0 Å². The van der Waals surface area contributed by atoms with E-state index in [0.717, 1.165) is 22.0 Å². The summed E-state index contributed by atoms with van der Waals surface area (Å²) in [6, 6.07) is 7.46. The summed E-state index contributed by atoms with van der Waals surface area (Å²) in [5.41, 5.74) is 2.72. The number of hydrogen-bond acceptors (Lipinski definition) is 3. The highest BCUT2D eigenvalue weighted by Gasteiger charge is 2.14. The molecular formula is C13H8BrN3O. The van der Waals surface area contributed by atoms with Crippen LogP contribution in [-0.4, -0.2) is 20.7 Å². The fourth-order valence-electron chi connectivity index (χ4n) is 1.88. The van der Waals surface area contributed by atoms with E-state index in [-0.39, 0.29) is 0 Å². The van der Waals surface area contributed by atoms with Crippen molar-refractivity contribution in [1.29, 1.82) is 0 Å². The Morgan fingerprint density at radius 3 is 2.89 bits per heavy atom. The molecular weight excluding hydrogens is 294 g/mol. The van der Waals surface area contributed by atoms with Crippen LogP contribution < -0.4 is 0 Å². The molecule has 0 N–H and O–H groups in total. The van der Waals surface area contributed by atoms with Gasteiger partial charge in [-0.2, -0.15) is 0 Å². The maximum absolute atomic E-state index is 11.3. The fraction of sp³-hybridized carbons (Fsp3) is 0. The van der Waals surface area contributed by atoms with E-state index in [1.165, 1.54) is 0 Å². The average molecular weight is 302 g/mol. The molecule has 0 aliphatic heterocycles. The lowest BCUT2D eigenvalue weighted by molar-refractivity contribution is 0.111. The second-order valence-corrected chi connectivity index (χ2v) is 4.61. The number of imidazole rings is 1. The number of carbonyl (C=O) groups is 1. The molecule has 0 amide bonds. The third-order valence-electron chi connectivity index (χ3n) is 2.69. The Balaban J connectivity index is 2.37. The first-order chi connectivity index (χ1) is 8.81. The zero-order chi connectivity index (χ0) is 12.5. The first-order valence-corrected chi connectivity index (χ1v) is 6.12. The van der Waals surface area contributed by atoms with E-state index in [4.69, 9.17) is 0 Å². The Labute approximate surface area is 111 Å². The molecule has 0 saturated carbocycles. The van der Waals surface area contributed by atoms with Gasteiger partial charge in [0.15, 0.2) is 11.9 Å². The molecule has 0 aromatic carbocycles. The summed E-state index contributed by atoms with van der Waals surface area (Å²) in [5, 5.41) is 0. The maximum Gasteiger partial charge on any atom is 0.169 e. The summed E-state index contributed by atoms with van der Waals surface area (Å²) < 4.78 is 2.61. The van der Waals surface area contributed by atoms with Crippen molar-refractivity contribution in [3.8, 4) is 11.3 Å². The van der Waals surface area contributed by atoms with Crippen LogP contribution in [0.2, 0.25) is 0 Å². The second-order valence-electron chi connectivity index (χ2n) is 3.75. The zero-order valence-electron chi connectivity index (χ0n) is 9.25. The van der Waals surface area contributed by atoms with Gasteiger partial charge in [0, 0.05) is 24.2 Å². The quantitative estimate of drug-likeness (QED) is 0.684. The molecule has 0 bridgehead atoms. The minimum absolute atomic E-state index is 0.527. The van der Waals surface area contributed by atoms with Crippen LogP contribution in [0, 0.1) is 0 Å². The molecule has 0 aliphatic rings. The van der Waals surface area contributed by atoms with Gasteiger partial charge in [0.05, 0.1) is 4.47 Å². The molecule has 3 rings (SSSR count). The summed E-state index contributed by atoms with van der Waals surface area (Å²) in [6.07, 6.45) is 6.02. The van der Waals surface area contributed by atoms with Crippen LogP contribution in [0.25, 0.3) is 16.9 Å². The van der Waals surface area contributed by atoms with Crippen LogP contribution in [0.1, 0.15) is 10.5 Å². The minimum Gasteiger partial charge on any atom is -0.296 e. The Hall–Kier alpha value is -2.01. The predicted molar refractivity (Wildman–Crippen MR) is 71.5 cm³/mol. The van der Waals surface area contributed by atoms with Crippen molar-refractivity contribution >= 4 is 27.9 Å². The van der Waals surface area contributed by atoms with E-state index in [1.807, 2.05) is 30.5 Å². The lowest BCUT2D eigenvalue weighted by atomic mass is 10.2. The van der Waals surface area contributed by atoms with Crippen molar-refractivity contribution in [3.05, 3.63) is 53.0 Å². The standard InChI is InChI=1S/C13H8BrN3O/c14-10-4-2-6-17-11(8-18)12(16-13(10)17)9-3-1-5-15-7-9/h1-8H. The molecule has 3 aromatic heterocycles. The maximum atomic E-state index is 11.3. The van der Waals surface area contributed by atoms with Crippen LogP contribution in [0.5, 0.6) is 0 Å². The normalized spacial score (nSPS) is 10.7. The average Bonchev–Trinajstić information content (AvgIpc) is 2.80. The molecule has 0 aliphatic carbocycles. The summed E-state index contributed by atoms with van der Waals surface area (Å²) in [5.74, 6) is 0. The van der Waals surface area contributed by atoms with Crippen LogP contribution >= 0.6 is 15.9 Å². The van der Waals surface area contributed by atoms with Crippen molar-refractivity contribution in [2.75, 3.05) is 0 Å². The first-order valence-electron chi connectivity index (χ1n) is 5.33. The van der Waals surface area contributed by atoms with Crippen LogP contribution in [-0.2, 0) is 0 Å². The van der Waals surface area contributed by atoms with Crippen molar-refractivity contribution in [1.82, 2.24) is 14.4 Å². The number of aldehydes is 1. The van der Waals surface area contributed by atoms with Gasteiger partial charge in [-0.1, -0.05) is 0 Å². The summed E-state index contributed by atoms with van der Waals surface area (Å²) in [4.78, 5) is 19.8. The highest BCUT2D eigenvalue weighted by molar-refractivity contribution is 9.10. The van der Waals surface area contributed by atoms with E-state index in [2.05, 4.69) is 25.9 Å². The zero-order valence-corrected chi connectivity index (χ0v) is 10.8. The van der Waals surface area contributed by atoms with Gasteiger partial charge in [-0.3, -0.25) is 14.2 Å². The Kier molecular flexibility index (Phi) is 2.68. The number of pyridine rings is 2. The highest BCUT2D eigenvalue weighted by atomic mass is 79.9. The second kappa shape index (κ2) is 4.34. The Bertz CT molecular complexity index is 722. The van der Waals surface area contributed by atoms with E-state index in [9.17, 15) is 4.79 Å². The molecule has 0 atom stereocenters. The van der Waals surface area contributed by atoms with E-state index in [0.29, 0.717) is 11.4 Å². The van der Waals surface area contributed by atoms with E-state index >= 15 is 0 Å². The summed E-state index contributed by atoms with van der Waals surface area (Å²) in [6.45, 7) is 0. The predicted octanol–water partition coefficient (Wildman–Crippen LogP) is 2.97. The van der Waals surface area contributed by atoms with Crippen molar-refractivity contribution in [2.24, 2.45) is 0 Å². The van der Waals surface area contributed by atoms with Gasteiger partial charge in [-0.25, -0.2) is 4.98 Å². The number of halogens is 1. The van der Waals surface area contributed by atoms with Gasteiger partial charge >= 0.3 is 0 Å². The van der Waals surface area contributed by atoms with Crippen LogP contribution in [0.3, 0.4) is 0 Å². The van der Waals surface area contributed by atoms with Gasteiger partial charge in [0.1, 0.15) is 11.4 Å². The van der Waals surface area contributed by atoms with Crippen molar-refractivity contribution in [3.63, 3.8) is 0 Å². The van der Waals surface area contributed by atoms with Gasteiger partial charge < -0.3 is 0 Å². The lowest BCUT2D eigenvalue weighted by Crippen LogP contribution is -1.92. The van der Waals surface area contributed by atoms with Crippen LogP contribution in [0.4, 0.5) is 0 Å². The fourth-order valence-corrected chi connectivity index (χ4v) is 2.31. The molecule has 18 heavy (non-hydrogen) atoms. The summed E-state index contributed by atoms with van der Waals surface area (Å²) >= 11 is 3.43. The summed E-state index contributed by atoms with van der Waals surface area (Å²) in [7, 11) is 0. The smallest absolute Gasteiger partial charge is 0.169 e. The third-order valence-corrected chi connectivity index (χ3v) is 3.30. The van der Waals surface area contributed by atoms with Gasteiger partial charge in [-0.15, -0.1) is 0 Å². The van der Waals surface area contributed by atoms with Gasteiger partial charge in [-0.05, 0) is 40.2 Å². The topological polar surface area (TPSA) is 47.3 Å². The molecule has 0 unspecified atom stereocenters. The lowest BCUT2D eigenvalue weighted by Gasteiger charge is -1.97. The number of fused-ring (bicyclic) bond motifs is 1. The molecule has 3 aromatic rings. The number of hydrogen-bond donors (Lipinski definition) is 0. The third kappa shape index (κ3) is 1.64. The van der Waals surface area contributed by atoms with E-state index in [1.54, 1.807) is 16.8 Å². The molecule has 0 spiro atoms. The molecule has 88 valence electrons. The van der Waals surface area contributed by atoms with Crippen molar-refractivity contribution < 1.29 is 4.79 Å². The van der Waals surface area contributed by atoms with Crippen molar-refractivity contribution in [2.45, 2.75) is 0 Å². The SMILES string of the molecule is O=Cc1c(-c2cccnc2)nc2c(Br)cccn12. The number of carbonyl (C=O) groups excluding carboxylic acids is 1. The number of aromatic nitrogens is 3. The molecule has 4 nitrogen and oxygen atoms in total. The minimum atomic E-state index is 0.527. The highest BCUT2D eigenvalue weighted by Crippen LogP contribution is 2.26. The number of nitrogens with zero attached hydrogens (tertiary/aromatic N) is 3. The Morgan fingerprint density at radius 1 is 1.28 bits per heavy atom. The van der Waals surface area contributed by atoms with Gasteiger partial charge in [0.2, 0.25) is 0 Å². The number of rotatable bonds is 2. The Morgan fingerprint density at radius 2 is 2.17 bits per heavy atom. The molecule has 0 saturated heterocycles. The monoisotopic (exact) mass is 301 g/mol. The molecule has 5 heteroatoms.